The van der Waals surface area contributed by atoms with Gasteiger partial charge in [-0.3, -0.25) is 15.0 Å². The molecule has 0 saturated heterocycles. The van der Waals surface area contributed by atoms with E-state index in [1.54, 1.807) is 36.4 Å². The number of amides is 1. The summed E-state index contributed by atoms with van der Waals surface area (Å²) >= 11 is 5.97. The van der Waals surface area contributed by atoms with Gasteiger partial charge in [0.2, 0.25) is 5.91 Å². The van der Waals surface area contributed by atoms with Crippen LogP contribution in [0.25, 0.3) is 10.9 Å². The van der Waals surface area contributed by atoms with Crippen LogP contribution in [0.5, 0.6) is 5.75 Å². The zero-order chi connectivity index (χ0) is 18.5. The summed E-state index contributed by atoms with van der Waals surface area (Å²) in [4.78, 5) is 28.5. The Hall–Kier alpha value is -2.86. The molecule has 2 aromatic carbocycles. The molecule has 0 bridgehead atoms. The van der Waals surface area contributed by atoms with Gasteiger partial charge in [0.15, 0.2) is 0 Å². The van der Waals surface area contributed by atoms with Gasteiger partial charge in [0.05, 0.1) is 17.5 Å². The van der Waals surface area contributed by atoms with Crippen molar-refractivity contribution < 1.29 is 9.53 Å². The summed E-state index contributed by atoms with van der Waals surface area (Å²) in [7, 11) is 0. The van der Waals surface area contributed by atoms with Crippen molar-refractivity contribution in [3.05, 3.63) is 69.7 Å². The van der Waals surface area contributed by atoms with Crippen LogP contribution in [0.15, 0.2) is 53.6 Å². The van der Waals surface area contributed by atoms with Crippen LogP contribution >= 0.6 is 11.6 Å². The molecule has 0 saturated carbocycles. The van der Waals surface area contributed by atoms with Gasteiger partial charge in [-0.1, -0.05) is 23.7 Å². The molecular weight excluding hydrogens is 354 g/mol. The topological polar surface area (TPSA) is 73.2 Å². The van der Waals surface area contributed by atoms with Crippen LogP contribution in [-0.2, 0) is 4.79 Å². The van der Waals surface area contributed by atoms with Crippen LogP contribution in [0.3, 0.4) is 0 Å². The molecule has 1 amide bonds. The van der Waals surface area contributed by atoms with Crippen molar-refractivity contribution in [2.24, 2.45) is 0 Å². The van der Waals surface area contributed by atoms with Gasteiger partial charge in [-0.2, -0.15) is 0 Å². The summed E-state index contributed by atoms with van der Waals surface area (Å²) in [5.74, 6) is 0.433. The van der Waals surface area contributed by atoms with Crippen LogP contribution in [0, 0.1) is 6.92 Å². The smallest absolute Gasteiger partial charge is 0.280 e. The Morgan fingerprint density at radius 3 is 2.88 bits per heavy atom. The number of nitrogens with one attached hydrogen (secondary N) is 1. The van der Waals surface area contributed by atoms with Crippen molar-refractivity contribution in [3.8, 4) is 5.75 Å². The van der Waals surface area contributed by atoms with Gasteiger partial charge in [-0.05, 0) is 49.2 Å². The number of rotatable bonds is 6. The van der Waals surface area contributed by atoms with Gasteiger partial charge in [0.1, 0.15) is 12.1 Å². The predicted molar refractivity (Wildman–Crippen MR) is 101 cm³/mol. The van der Waals surface area contributed by atoms with E-state index in [4.69, 9.17) is 16.3 Å². The van der Waals surface area contributed by atoms with E-state index in [9.17, 15) is 9.59 Å². The SMILES string of the molecule is Cc1cc(OCCCC(=O)Nn2cnc3ccccc3c2=O)ccc1Cl. The number of carbonyl (C=O) groups excluding carboxylic acids is 1. The molecule has 134 valence electrons. The third-order valence-corrected chi connectivity index (χ3v) is 4.28. The van der Waals surface area contributed by atoms with E-state index in [2.05, 4.69) is 10.4 Å². The summed E-state index contributed by atoms with van der Waals surface area (Å²) in [6.07, 6.45) is 2.06. The highest BCUT2D eigenvalue weighted by Gasteiger charge is 2.07. The highest BCUT2D eigenvalue weighted by Crippen LogP contribution is 2.21. The van der Waals surface area contributed by atoms with E-state index in [0.717, 1.165) is 10.2 Å². The maximum Gasteiger partial charge on any atom is 0.280 e. The largest absolute Gasteiger partial charge is 0.494 e. The molecule has 1 N–H and O–H groups in total. The first kappa shape index (κ1) is 17.9. The molecule has 0 spiro atoms. The van der Waals surface area contributed by atoms with Crippen LogP contribution < -0.4 is 15.7 Å². The molecule has 0 aliphatic rings. The summed E-state index contributed by atoms with van der Waals surface area (Å²) in [5.41, 5.74) is 3.77. The molecule has 0 unspecified atom stereocenters. The van der Waals surface area contributed by atoms with Crippen LogP contribution in [0.4, 0.5) is 0 Å². The minimum atomic E-state index is -0.308. The van der Waals surface area contributed by atoms with Crippen LogP contribution in [-0.4, -0.2) is 22.2 Å². The number of carbonyl (C=O) groups is 1. The lowest BCUT2D eigenvalue weighted by Gasteiger charge is -2.09. The first-order valence-corrected chi connectivity index (χ1v) is 8.57. The quantitative estimate of drug-likeness (QED) is 0.675. The standard InChI is InChI=1S/C19H18ClN3O3/c1-13-11-14(8-9-16(13)20)26-10-4-7-18(24)22-23-12-21-17-6-3-2-5-15(17)19(23)25/h2-3,5-6,8-9,11-12H,4,7,10H2,1H3,(H,22,24). The molecule has 6 nitrogen and oxygen atoms in total. The maximum absolute atomic E-state index is 12.3. The Bertz CT molecular complexity index is 1000. The third kappa shape index (κ3) is 4.21. The average Bonchev–Trinajstić information content (AvgIpc) is 2.64. The molecule has 3 aromatic rings. The van der Waals surface area contributed by atoms with Gasteiger partial charge in [-0.25, -0.2) is 9.66 Å². The molecule has 1 heterocycles. The summed E-state index contributed by atoms with van der Waals surface area (Å²) in [5, 5.41) is 1.14. The number of aromatic nitrogens is 2. The molecule has 3 rings (SSSR count). The lowest BCUT2D eigenvalue weighted by atomic mass is 10.2. The molecule has 0 atom stereocenters. The lowest BCUT2D eigenvalue weighted by Crippen LogP contribution is -2.33. The zero-order valence-corrected chi connectivity index (χ0v) is 15.0. The number of ether oxygens (including phenoxy) is 1. The number of para-hydroxylation sites is 1. The van der Waals surface area contributed by atoms with Crippen molar-refractivity contribution in [3.63, 3.8) is 0 Å². The van der Waals surface area contributed by atoms with Gasteiger partial charge in [0, 0.05) is 11.4 Å². The Kier molecular flexibility index (Phi) is 5.53. The van der Waals surface area contributed by atoms with Crippen LogP contribution in [0.1, 0.15) is 18.4 Å². The fourth-order valence-corrected chi connectivity index (χ4v) is 2.59. The number of hydrogen-bond donors (Lipinski definition) is 1. The van der Waals surface area contributed by atoms with Gasteiger partial charge < -0.3 is 4.74 Å². The molecule has 0 fully saturated rings. The first-order chi connectivity index (χ1) is 12.5. The molecule has 0 radical (unpaired) electrons. The number of benzene rings is 2. The molecule has 26 heavy (non-hydrogen) atoms. The molecular formula is C19H18ClN3O3. The fraction of sp³-hybridized carbons (Fsp3) is 0.211. The second-order valence-electron chi connectivity index (χ2n) is 5.83. The van der Waals surface area contributed by atoms with E-state index >= 15 is 0 Å². The highest BCUT2D eigenvalue weighted by atomic mass is 35.5. The van der Waals surface area contributed by atoms with E-state index in [-0.39, 0.29) is 17.9 Å². The number of nitrogens with zero attached hydrogens (tertiary/aromatic N) is 2. The number of aryl methyl sites for hydroxylation is 1. The molecule has 0 aliphatic carbocycles. The van der Waals surface area contributed by atoms with E-state index < -0.39 is 0 Å². The predicted octanol–water partition coefficient (Wildman–Crippen LogP) is 3.29. The van der Waals surface area contributed by atoms with E-state index in [1.165, 1.54) is 6.33 Å². The van der Waals surface area contributed by atoms with Crippen molar-refractivity contribution in [1.29, 1.82) is 0 Å². The summed E-state index contributed by atoms with van der Waals surface area (Å²) in [6.45, 7) is 2.29. The molecule has 7 heteroatoms. The van der Waals surface area contributed by atoms with Gasteiger partial charge in [0.25, 0.3) is 5.56 Å². The Morgan fingerprint density at radius 2 is 2.08 bits per heavy atom. The summed E-state index contributed by atoms with van der Waals surface area (Å²) in [6, 6.07) is 12.4. The summed E-state index contributed by atoms with van der Waals surface area (Å²) < 4.78 is 6.71. The minimum absolute atomic E-state index is 0.228. The first-order valence-electron chi connectivity index (χ1n) is 8.20. The Labute approximate surface area is 155 Å². The van der Waals surface area contributed by atoms with Crippen molar-refractivity contribution in [1.82, 2.24) is 9.66 Å². The number of halogens is 1. The van der Waals surface area contributed by atoms with Crippen molar-refractivity contribution in [2.45, 2.75) is 19.8 Å². The second kappa shape index (κ2) is 8.01. The van der Waals surface area contributed by atoms with Crippen molar-refractivity contribution in [2.75, 3.05) is 12.0 Å². The van der Waals surface area contributed by atoms with Gasteiger partial charge in [-0.15, -0.1) is 0 Å². The second-order valence-corrected chi connectivity index (χ2v) is 6.24. The van der Waals surface area contributed by atoms with E-state index in [1.807, 2.05) is 13.0 Å². The van der Waals surface area contributed by atoms with Crippen molar-refractivity contribution >= 4 is 28.4 Å². The number of hydrogen-bond acceptors (Lipinski definition) is 4. The molecule has 0 aliphatic heterocycles. The third-order valence-electron chi connectivity index (χ3n) is 3.86. The fourth-order valence-electron chi connectivity index (χ4n) is 2.47. The Morgan fingerprint density at radius 1 is 1.27 bits per heavy atom. The van der Waals surface area contributed by atoms with Crippen LogP contribution in [0.2, 0.25) is 5.02 Å². The maximum atomic E-state index is 12.3. The Balaban J connectivity index is 1.52. The van der Waals surface area contributed by atoms with Gasteiger partial charge >= 0.3 is 0 Å². The highest BCUT2D eigenvalue weighted by molar-refractivity contribution is 6.31. The average molecular weight is 372 g/mol. The monoisotopic (exact) mass is 371 g/mol. The number of fused-ring (bicyclic) bond motifs is 1. The van der Waals surface area contributed by atoms with E-state index in [0.29, 0.717) is 34.7 Å². The minimum Gasteiger partial charge on any atom is -0.494 e. The molecule has 1 aromatic heterocycles. The normalized spacial score (nSPS) is 10.7. The lowest BCUT2D eigenvalue weighted by molar-refractivity contribution is -0.117. The zero-order valence-electron chi connectivity index (χ0n) is 14.2.